The van der Waals surface area contributed by atoms with Crippen molar-refractivity contribution in [3.8, 4) is 5.69 Å². The lowest BCUT2D eigenvalue weighted by molar-refractivity contribution is 0.104. The third-order valence-corrected chi connectivity index (χ3v) is 5.45. The van der Waals surface area contributed by atoms with Gasteiger partial charge in [0.1, 0.15) is 0 Å². The minimum absolute atomic E-state index is 0.138. The van der Waals surface area contributed by atoms with Crippen LogP contribution in [0, 0.1) is 13.8 Å². The van der Waals surface area contributed by atoms with Crippen molar-refractivity contribution in [1.29, 1.82) is 0 Å². The molecule has 0 spiro atoms. The van der Waals surface area contributed by atoms with Gasteiger partial charge in [0.2, 0.25) is 5.78 Å². The summed E-state index contributed by atoms with van der Waals surface area (Å²) in [6, 6.07) is 16.4. The standard InChI is InChI=1S/C24H26N4O/c1-18-6-11-22(12-7-18)28-19(2)24(25-26-28)23(29)15-10-20-8-13-21(14-9-20)27-16-4-3-5-17-27/h6-15H,3-5,16-17H2,1-2H3/b15-10+. The maximum absolute atomic E-state index is 12.6. The second-order valence-corrected chi connectivity index (χ2v) is 7.61. The van der Waals surface area contributed by atoms with E-state index in [4.69, 9.17) is 0 Å². The predicted molar refractivity (Wildman–Crippen MR) is 117 cm³/mol. The summed E-state index contributed by atoms with van der Waals surface area (Å²) in [5, 5.41) is 8.27. The Morgan fingerprint density at radius 3 is 2.24 bits per heavy atom. The molecule has 5 heteroatoms. The van der Waals surface area contributed by atoms with Crippen molar-refractivity contribution in [3.05, 3.63) is 77.1 Å². The Hall–Kier alpha value is -3.21. The minimum atomic E-state index is -0.138. The third kappa shape index (κ3) is 4.29. The largest absolute Gasteiger partial charge is 0.372 e. The van der Waals surface area contributed by atoms with E-state index in [1.807, 2.05) is 44.2 Å². The molecular weight excluding hydrogens is 360 g/mol. The van der Waals surface area contributed by atoms with E-state index >= 15 is 0 Å². The van der Waals surface area contributed by atoms with Gasteiger partial charge in [0, 0.05) is 18.8 Å². The van der Waals surface area contributed by atoms with Crippen molar-refractivity contribution in [1.82, 2.24) is 15.0 Å². The van der Waals surface area contributed by atoms with Gasteiger partial charge in [-0.05, 0) is 69.0 Å². The number of carbonyl (C=O) groups excluding carboxylic acids is 1. The van der Waals surface area contributed by atoms with Crippen LogP contribution in [0.2, 0.25) is 0 Å². The van der Waals surface area contributed by atoms with Gasteiger partial charge < -0.3 is 4.90 Å². The van der Waals surface area contributed by atoms with Crippen LogP contribution in [-0.4, -0.2) is 33.9 Å². The number of anilines is 1. The van der Waals surface area contributed by atoms with Crippen molar-refractivity contribution in [2.24, 2.45) is 0 Å². The van der Waals surface area contributed by atoms with Gasteiger partial charge in [0.15, 0.2) is 5.69 Å². The van der Waals surface area contributed by atoms with Crippen LogP contribution in [0.15, 0.2) is 54.6 Å². The van der Waals surface area contributed by atoms with Crippen LogP contribution in [0.3, 0.4) is 0 Å². The van der Waals surface area contributed by atoms with Crippen LogP contribution in [-0.2, 0) is 0 Å². The normalized spacial score (nSPS) is 14.5. The number of benzene rings is 2. The lowest BCUT2D eigenvalue weighted by Gasteiger charge is -2.28. The molecule has 0 aliphatic carbocycles. The predicted octanol–water partition coefficient (Wildman–Crippen LogP) is 4.77. The number of carbonyl (C=O) groups is 1. The van der Waals surface area contributed by atoms with Crippen molar-refractivity contribution in [2.45, 2.75) is 33.1 Å². The van der Waals surface area contributed by atoms with Gasteiger partial charge in [-0.3, -0.25) is 4.79 Å². The zero-order valence-electron chi connectivity index (χ0n) is 17.0. The molecule has 1 aliphatic heterocycles. The van der Waals surface area contributed by atoms with E-state index in [9.17, 15) is 4.79 Å². The molecule has 1 aliphatic rings. The number of hydrogen-bond acceptors (Lipinski definition) is 4. The zero-order valence-corrected chi connectivity index (χ0v) is 17.0. The molecule has 0 bridgehead atoms. The number of hydrogen-bond donors (Lipinski definition) is 0. The first-order chi connectivity index (χ1) is 14.1. The Bertz CT molecular complexity index is 1010. The Morgan fingerprint density at radius 1 is 0.897 bits per heavy atom. The monoisotopic (exact) mass is 386 g/mol. The second-order valence-electron chi connectivity index (χ2n) is 7.61. The zero-order chi connectivity index (χ0) is 20.2. The topological polar surface area (TPSA) is 51.0 Å². The van der Waals surface area contributed by atoms with E-state index in [2.05, 4.69) is 39.5 Å². The van der Waals surface area contributed by atoms with Gasteiger partial charge in [-0.1, -0.05) is 41.1 Å². The van der Waals surface area contributed by atoms with Gasteiger partial charge in [-0.2, -0.15) is 0 Å². The molecule has 1 fully saturated rings. The van der Waals surface area contributed by atoms with Crippen molar-refractivity contribution in [2.75, 3.05) is 18.0 Å². The van der Waals surface area contributed by atoms with Gasteiger partial charge >= 0.3 is 0 Å². The van der Waals surface area contributed by atoms with Gasteiger partial charge in [0.25, 0.3) is 0 Å². The van der Waals surface area contributed by atoms with Crippen LogP contribution >= 0.6 is 0 Å². The van der Waals surface area contributed by atoms with E-state index in [0.717, 1.165) is 30.0 Å². The van der Waals surface area contributed by atoms with E-state index in [1.54, 1.807) is 10.8 Å². The van der Waals surface area contributed by atoms with Crippen LogP contribution in [0.5, 0.6) is 0 Å². The SMILES string of the molecule is Cc1ccc(-n2nnc(C(=O)/C=C/c3ccc(N4CCCCC4)cc3)c2C)cc1. The molecule has 0 unspecified atom stereocenters. The summed E-state index contributed by atoms with van der Waals surface area (Å²) >= 11 is 0. The number of aromatic nitrogens is 3. The Kier molecular flexibility index (Phi) is 5.56. The molecule has 0 atom stereocenters. The fourth-order valence-corrected chi connectivity index (χ4v) is 3.69. The highest BCUT2D eigenvalue weighted by molar-refractivity contribution is 6.06. The smallest absolute Gasteiger partial charge is 0.208 e. The second kappa shape index (κ2) is 8.43. The molecule has 0 N–H and O–H groups in total. The van der Waals surface area contributed by atoms with Crippen molar-refractivity contribution >= 4 is 17.5 Å². The van der Waals surface area contributed by atoms with Crippen LogP contribution in [0.25, 0.3) is 11.8 Å². The molecule has 29 heavy (non-hydrogen) atoms. The Morgan fingerprint density at radius 2 is 1.55 bits per heavy atom. The number of ketones is 1. The summed E-state index contributed by atoms with van der Waals surface area (Å²) in [6.07, 6.45) is 7.27. The lowest BCUT2D eigenvalue weighted by Crippen LogP contribution is -2.29. The first-order valence-corrected chi connectivity index (χ1v) is 10.2. The van der Waals surface area contributed by atoms with Crippen molar-refractivity contribution < 1.29 is 4.79 Å². The minimum Gasteiger partial charge on any atom is -0.372 e. The molecule has 148 valence electrons. The highest BCUT2D eigenvalue weighted by Gasteiger charge is 2.15. The summed E-state index contributed by atoms with van der Waals surface area (Å²) in [6.45, 7) is 6.17. The maximum atomic E-state index is 12.6. The van der Waals surface area contributed by atoms with Gasteiger partial charge in [-0.15, -0.1) is 5.10 Å². The quantitative estimate of drug-likeness (QED) is 0.468. The number of piperidine rings is 1. The fourth-order valence-electron chi connectivity index (χ4n) is 3.69. The van der Waals surface area contributed by atoms with E-state index < -0.39 is 0 Å². The molecule has 4 rings (SSSR count). The van der Waals surface area contributed by atoms with Crippen LogP contribution in [0.1, 0.15) is 46.6 Å². The highest BCUT2D eigenvalue weighted by atomic mass is 16.1. The summed E-state index contributed by atoms with van der Waals surface area (Å²) in [4.78, 5) is 15.1. The first kappa shape index (κ1) is 19.1. The van der Waals surface area contributed by atoms with Gasteiger partial charge in [0.05, 0.1) is 11.4 Å². The lowest BCUT2D eigenvalue weighted by atomic mass is 10.1. The average Bonchev–Trinajstić information content (AvgIpc) is 3.15. The summed E-state index contributed by atoms with van der Waals surface area (Å²) < 4.78 is 1.70. The first-order valence-electron chi connectivity index (χ1n) is 10.2. The summed E-state index contributed by atoms with van der Waals surface area (Å²) in [5.41, 5.74) is 5.46. The number of rotatable bonds is 5. The average molecular weight is 386 g/mol. The van der Waals surface area contributed by atoms with Crippen LogP contribution in [0.4, 0.5) is 5.69 Å². The molecule has 0 radical (unpaired) electrons. The van der Waals surface area contributed by atoms with Crippen LogP contribution < -0.4 is 4.90 Å². The molecule has 1 saturated heterocycles. The summed E-state index contributed by atoms with van der Waals surface area (Å²) in [7, 11) is 0. The van der Waals surface area contributed by atoms with Gasteiger partial charge in [-0.25, -0.2) is 4.68 Å². The highest BCUT2D eigenvalue weighted by Crippen LogP contribution is 2.21. The summed E-state index contributed by atoms with van der Waals surface area (Å²) in [5.74, 6) is -0.138. The molecule has 5 nitrogen and oxygen atoms in total. The number of allylic oxidation sites excluding steroid dienone is 1. The Labute approximate surface area is 171 Å². The third-order valence-electron chi connectivity index (χ3n) is 5.45. The molecule has 3 aromatic rings. The van der Waals surface area contributed by atoms with E-state index in [-0.39, 0.29) is 5.78 Å². The van der Waals surface area contributed by atoms with E-state index in [0.29, 0.717) is 5.69 Å². The van der Waals surface area contributed by atoms with Crippen molar-refractivity contribution in [3.63, 3.8) is 0 Å². The number of aryl methyl sites for hydroxylation is 1. The molecule has 2 aromatic carbocycles. The molecule has 1 aromatic heterocycles. The molecule has 0 saturated carbocycles. The van der Waals surface area contributed by atoms with E-state index in [1.165, 1.54) is 30.5 Å². The molecule has 0 amide bonds. The maximum Gasteiger partial charge on any atom is 0.208 e. The fraction of sp³-hybridized carbons (Fsp3) is 0.292. The molecular formula is C24H26N4O. The molecule has 2 heterocycles. The number of nitrogens with zero attached hydrogens (tertiary/aromatic N) is 4. The Balaban J connectivity index is 1.46.